The molecule has 0 atom stereocenters. The van der Waals surface area contributed by atoms with Crippen LogP contribution >= 0.6 is 11.8 Å². The van der Waals surface area contributed by atoms with Crippen LogP contribution in [0.4, 0.5) is 11.4 Å². The number of nitro benzene ring substituents is 1. The Hall–Kier alpha value is -3.27. The van der Waals surface area contributed by atoms with E-state index in [1.165, 1.54) is 30.0 Å². The van der Waals surface area contributed by atoms with Gasteiger partial charge in [0.1, 0.15) is 17.1 Å². The predicted octanol–water partition coefficient (Wildman–Crippen LogP) is 3.91. The average Bonchev–Trinajstić information content (AvgIpc) is 2.73. The van der Waals surface area contributed by atoms with Crippen LogP contribution in [0.5, 0.6) is 11.5 Å². The molecule has 10 heteroatoms. The van der Waals surface area contributed by atoms with Gasteiger partial charge in [0.05, 0.1) is 23.8 Å². The van der Waals surface area contributed by atoms with Gasteiger partial charge in [0.25, 0.3) is 11.6 Å². The molecule has 0 bridgehead atoms. The van der Waals surface area contributed by atoms with E-state index in [1.54, 1.807) is 31.4 Å². The predicted molar refractivity (Wildman–Crippen MR) is 113 cm³/mol. The van der Waals surface area contributed by atoms with Crippen molar-refractivity contribution in [3.05, 3.63) is 52.1 Å². The number of nitrogens with one attached hydrogen (secondary N) is 1. The molecular formula is C20H22N2O7S. The van der Waals surface area contributed by atoms with Gasteiger partial charge in [0, 0.05) is 17.0 Å². The fraction of sp³-hybridized carbons (Fsp3) is 0.300. The first-order chi connectivity index (χ1) is 14.4. The molecular weight excluding hydrogens is 412 g/mol. The van der Waals surface area contributed by atoms with E-state index in [4.69, 9.17) is 14.2 Å². The molecule has 0 aliphatic rings. The lowest BCUT2D eigenvalue weighted by Crippen LogP contribution is -2.21. The number of hydrogen-bond acceptors (Lipinski definition) is 8. The van der Waals surface area contributed by atoms with E-state index in [0.29, 0.717) is 35.3 Å². The summed E-state index contributed by atoms with van der Waals surface area (Å²) in [7, 11) is 0. The Balaban J connectivity index is 2.10. The molecule has 2 aromatic rings. The molecule has 9 nitrogen and oxygen atoms in total. The number of benzene rings is 2. The number of amides is 1. The minimum absolute atomic E-state index is 0.215. The number of nitro groups is 1. The first kappa shape index (κ1) is 23.0. The molecule has 0 saturated carbocycles. The highest BCUT2D eigenvalue weighted by atomic mass is 32.2. The lowest BCUT2D eigenvalue weighted by Gasteiger charge is -2.13. The quantitative estimate of drug-likeness (QED) is 0.259. The summed E-state index contributed by atoms with van der Waals surface area (Å²) in [6, 6.07) is 9.10. The zero-order valence-corrected chi connectivity index (χ0v) is 17.6. The molecule has 0 aliphatic heterocycles. The molecule has 1 N–H and O–H groups in total. The summed E-state index contributed by atoms with van der Waals surface area (Å²) < 4.78 is 15.9. The molecule has 0 spiro atoms. The Morgan fingerprint density at radius 1 is 1.10 bits per heavy atom. The molecule has 0 aromatic heterocycles. The van der Waals surface area contributed by atoms with Gasteiger partial charge in [-0.15, -0.1) is 11.8 Å². The van der Waals surface area contributed by atoms with Crippen molar-refractivity contribution in [2.75, 3.05) is 31.4 Å². The minimum Gasteiger partial charge on any atom is -0.494 e. The summed E-state index contributed by atoms with van der Waals surface area (Å²) in [4.78, 5) is 35.8. The summed E-state index contributed by atoms with van der Waals surface area (Å²) in [5.74, 6) is -0.607. The number of carbonyl (C=O) groups is 2. The van der Waals surface area contributed by atoms with Crippen LogP contribution in [0.3, 0.4) is 0 Å². The maximum atomic E-state index is 12.3. The second-order valence-electron chi connectivity index (χ2n) is 5.79. The molecule has 0 fully saturated rings. The van der Waals surface area contributed by atoms with Crippen LogP contribution in [-0.4, -0.2) is 42.9 Å². The van der Waals surface area contributed by atoms with Gasteiger partial charge in [0.15, 0.2) is 6.61 Å². The highest BCUT2D eigenvalue weighted by molar-refractivity contribution is 7.98. The maximum absolute atomic E-state index is 12.3. The summed E-state index contributed by atoms with van der Waals surface area (Å²) >= 11 is 1.32. The number of rotatable bonds is 10. The fourth-order valence-electron chi connectivity index (χ4n) is 2.50. The van der Waals surface area contributed by atoms with Gasteiger partial charge in [0.2, 0.25) is 0 Å². The lowest BCUT2D eigenvalue weighted by atomic mass is 10.2. The van der Waals surface area contributed by atoms with Gasteiger partial charge in [-0.3, -0.25) is 14.9 Å². The van der Waals surface area contributed by atoms with Gasteiger partial charge in [-0.1, -0.05) is 0 Å². The van der Waals surface area contributed by atoms with Crippen molar-refractivity contribution in [1.29, 1.82) is 0 Å². The van der Waals surface area contributed by atoms with E-state index in [0.717, 1.165) is 0 Å². The summed E-state index contributed by atoms with van der Waals surface area (Å²) in [6.45, 7) is 3.86. The van der Waals surface area contributed by atoms with Gasteiger partial charge < -0.3 is 19.5 Å². The van der Waals surface area contributed by atoms with Crippen LogP contribution in [0.2, 0.25) is 0 Å². The monoisotopic (exact) mass is 434 g/mol. The molecule has 2 aromatic carbocycles. The van der Waals surface area contributed by atoms with Crippen LogP contribution in [0.25, 0.3) is 0 Å². The SMILES string of the molecule is CCOc1ccc(OCC)c(NC(=O)COC(=O)c2cc(SC)ccc2[N+](=O)[O-])c1. The highest BCUT2D eigenvalue weighted by Gasteiger charge is 2.23. The van der Waals surface area contributed by atoms with E-state index >= 15 is 0 Å². The standard InChI is InChI=1S/C20H22N2O7S/c1-4-27-13-6-9-18(28-5-2)16(10-13)21-19(23)12-29-20(24)15-11-14(30-3)7-8-17(15)22(25)26/h6-11H,4-5,12H2,1-3H3,(H,21,23). The third-order valence-corrected chi connectivity index (χ3v) is 4.52. The number of nitrogens with zero attached hydrogens (tertiary/aromatic N) is 1. The number of anilines is 1. The molecule has 0 aliphatic carbocycles. The van der Waals surface area contributed by atoms with Crippen LogP contribution < -0.4 is 14.8 Å². The fourth-order valence-corrected chi connectivity index (χ4v) is 2.94. The molecule has 0 saturated heterocycles. The second-order valence-corrected chi connectivity index (χ2v) is 6.67. The Bertz CT molecular complexity index is 933. The lowest BCUT2D eigenvalue weighted by molar-refractivity contribution is -0.385. The maximum Gasteiger partial charge on any atom is 0.345 e. The van der Waals surface area contributed by atoms with E-state index < -0.39 is 23.4 Å². The molecule has 2 rings (SSSR count). The van der Waals surface area contributed by atoms with Gasteiger partial charge in [-0.2, -0.15) is 0 Å². The Kier molecular flexibility index (Phi) is 8.48. The summed E-state index contributed by atoms with van der Waals surface area (Å²) in [6.07, 6.45) is 1.77. The van der Waals surface area contributed by atoms with E-state index in [1.807, 2.05) is 6.92 Å². The summed E-state index contributed by atoms with van der Waals surface area (Å²) in [5, 5.41) is 13.8. The largest absolute Gasteiger partial charge is 0.494 e. The van der Waals surface area contributed by atoms with Crippen molar-refractivity contribution in [3.63, 3.8) is 0 Å². The molecule has 30 heavy (non-hydrogen) atoms. The average molecular weight is 434 g/mol. The number of esters is 1. The first-order valence-electron chi connectivity index (χ1n) is 9.08. The van der Waals surface area contributed by atoms with E-state index in [9.17, 15) is 19.7 Å². The second kappa shape index (κ2) is 11.1. The Labute approximate surface area is 177 Å². The van der Waals surface area contributed by atoms with E-state index in [-0.39, 0.29) is 11.3 Å². The van der Waals surface area contributed by atoms with Crippen LogP contribution in [-0.2, 0) is 9.53 Å². The van der Waals surface area contributed by atoms with Crippen LogP contribution in [0.15, 0.2) is 41.3 Å². The summed E-state index contributed by atoms with van der Waals surface area (Å²) in [5.41, 5.74) is -0.242. The third-order valence-electron chi connectivity index (χ3n) is 3.79. The van der Waals surface area contributed by atoms with Crippen molar-refractivity contribution in [1.82, 2.24) is 0 Å². The smallest absolute Gasteiger partial charge is 0.345 e. The zero-order valence-electron chi connectivity index (χ0n) is 16.8. The zero-order chi connectivity index (χ0) is 22.1. The Morgan fingerprint density at radius 3 is 2.47 bits per heavy atom. The Morgan fingerprint density at radius 2 is 1.83 bits per heavy atom. The van der Waals surface area contributed by atoms with Crippen molar-refractivity contribution < 1.29 is 28.7 Å². The molecule has 0 radical (unpaired) electrons. The van der Waals surface area contributed by atoms with Crippen molar-refractivity contribution >= 4 is 35.0 Å². The number of ether oxygens (including phenoxy) is 3. The van der Waals surface area contributed by atoms with E-state index in [2.05, 4.69) is 5.32 Å². The van der Waals surface area contributed by atoms with Crippen LogP contribution in [0.1, 0.15) is 24.2 Å². The highest BCUT2D eigenvalue weighted by Crippen LogP contribution is 2.29. The van der Waals surface area contributed by atoms with Crippen molar-refractivity contribution in [2.45, 2.75) is 18.7 Å². The first-order valence-corrected chi connectivity index (χ1v) is 10.3. The number of carbonyl (C=O) groups excluding carboxylic acids is 2. The molecule has 0 heterocycles. The molecule has 160 valence electrons. The van der Waals surface area contributed by atoms with Crippen molar-refractivity contribution in [3.8, 4) is 11.5 Å². The third kappa shape index (κ3) is 6.11. The topological polar surface area (TPSA) is 117 Å². The van der Waals surface area contributed by atoms with Gasteiger partial charge in [-0.25, -0.2) is 4.79 Å². The number of thioether (sulfide) groups is 1. The molecule has 0 unspecified atom stereocenters. The normalized spacial score (nSPS) is 10.2. The molecule has 1 amide bonds. The van der Waals surface area contributed by atoms with Crippen LogP contribution in [0, 0.1) is 10.1 Å². The minimum atomic E-state index is -0.958. The number of hydrogen-bond donors (Lipinski definition) is 1. The van der Waals surface area contributed by atoms with Crippen molar-refractivity contribution in [2.24, 2.45) is 0 Å². The van der Waals surface area contributed by atoms with Gasteiger partial charge >= 0.3 is 5.97 Å². The van der Waals surface area contributed by atoms with Gasteiger partial charge in [-0.05, 0) is 44.4 Å².